The van der Waals surface area contributed by atoms with Crippen molar-refractivity contribution in [2.24, 2.45) is 0 Å². The first-order valence-corrected chi connectivity index (χ1v) is 5.93. The van der Waals surface area contributed by atoms with Crippen LogP contribution in [0.3, 0.4) is 0 Å². The van der Waals surface area contributed by atoms with E-state index in [1.807, 2.05) is 13.8 Å². The highest BCUT2D eigenvalue weighted by Gasteiger charge is 2.13. The van der Waals surface area contributed by atoms with Gasteiger partial charge >= 0.3 is 0 Å². The molecule has 17 heavy (non-hydrogen) atoms. The second-order valence-electron chi connectivity index (χ2n) is 3.95. The number of amides is 1. The summed E-state index contributed by atoms with van der Waals surface area (Å²) < 4.78 is 0. The number of nitrogens with one attached hydrogen (secondary N) is 2. The first kappa shape index (κ1) is 13.6. The van der Waals surface area contributed by atoms with E-state index in [1.54, 1.807) is 19.1 Å². The molecule has 0 radical (unpaired) electrons. The topological polar surface area (TPSA) is 67.2 Å². The fraction of sp³-hybridized carbons (Fsp3) is 0.417. The van der Waals surface area contributed by atoms with Crippen LogP contribution in [0, 0.1) is 6.92 Å². The molecule has 0 aliphatic rings. The average molecular weight is 256 g/mol. The number of anilines is 2. The lowest BCUT2D eigenvalue weighted by atomic mass is 10.1. The van der Waals surface area contributed by atoms with Crippen LogP contribution in [-0.4, -0.2) is 18.5 Å². The quantitative estimate of drug-likeness (QED) is 0.723. The molecule has 0 bridgehead atoms. The summed E-state index contributed by atoms with van der Waals surface area (Å²) in [5.74, 6) is -0.0418. The Morgan fingerprint density at radius 3 is 2.76 bits per heavy atom. The maximum Gasteiger partial charge on any atom is 0.242 e. The van der Waals surface area contributed by atoms with E-state index in [9.17, 15) is 4.79 Å². The molecule has 0 saturated heterocycles. The third kappa shape index (κ3) is 3.53. The van der Waals surface area contributed by atoms with E-state index in [4.69, 9.17) is 17.3 Å². The Labute approximate surface area is 107 Å². The summed E-state index contributed by atoms with van der Waals surface area (Å²) in [6.07, 6.45) is 0. The van der Waals surface area contributed by atoms with Gasteiger partial charge in [-0.05, 0) is 38.5 Å². The number of hydrogen-bond acceptors (Lipinski definition) is 3. The molecule has 4 N–H and O–H groups in total. The molecular weight excluding hydrogens is 238 g/mol. The Morgan fingerprint density at radius 2 is 2.18 bits per heavy atom. The summed E-state index contributed by atoms with van der Waals surface area (Å²) in [7, 11) is 0. The van der Waals surface area contributed by atoms with Gasteiger partial charge < -0.3 is 16.4 Å². The van der Waals surface area contributed by atoms with Gasteiger partial charge in [0, 0.05) is 12.2 Å². The molecule has 5 heteroatoms. The van der Waals surface area contributed by atoms with Crippen LogP contribution in [0.4, 0.5) is 11.4 Å². The zero-order valence-electron chi connectivity index (χ0n) is 10.3. The van der Waals surface area contributed by atoms with E-state index >= 15 is 0 Å². The van der Waals surface area contributed by atoms with Crippen LogP contribution in [0.15, 0.2) is 12.1 Å². The van der Waals surface area contributed by atoms with E-state index < -0.39 is 0 Å². The summed E-state index contributed by atoms with van der Waals surface area (Å²) in [5, 5.41) is 6.35. The van der Waals surface area contributed by atoms with E-state index in [0.717, 1.165) is 11.3 Å². The number of nitrogen functional groups attached to an aromatic ring is 1. The highest BCUT2D eigenvalue weighted by Crippen LogP contribution is 2.27. The average Bonchev–Trinajstić information content (AvgIpc) is 2.26. The number of nitrogens with two attached hydrogens (primary N) is 1. The van der Waals surface area contributed by atoms with Crippen LogP contribution in [0.1, 0.15) is 19.4 Å². The molecule has 0 aliphatic heterocycles. The number of likely N-dealkylation sites (N-methyl/N-ethyl adjacent to an activating group) is 1. The molecule has 1 aromatic carbocycles. The van der Waals surface area contributed by atoms with Crippen molar-refractivity contribution in [3.63, 3.8) is 0 Å². The second kappa shape index (κ2) is 5.77. The molecule has 0 aromatic heterocycles. The number of benzene rings is 1. The summed E-state index contributed by atoms with van der Waals surface area (Å²) in [6, 6.07) is 3.21. The zero-order chi connectivity index (χ0) is 13.0. The second-order valence-corrected chi connectivity index (χ2v) is 4.36. The maximum absolute atomic E-state index is 11.6. The molecule has 1 aromatic rings. The minimum absolute atomic E-state index is 0.0418. The van der Waals surface area contributed by atoms with Crippen molar-refractivity contribution in [3.05, 3.63) is 22.7 Å². The van der Waals surface area contributed by atoms with Gasteiger partial charge in [-0.2, -0.15) is 0 Å². The van der Waals surface area contributed by atoms with E-state index in [-0.39, 0.29) is 11.9 Å². The normalized spacial score (nSPS) is 12.0. The fourth-order valence-corrected chi connectivity index (χ4v) is 1.65. The number of rotatable bonds is 4. The Morgan fingerprint density at radius 1 is 1.53 bits per heavy atom. The van der Waals surface area contributed by atoms with Crippen LogP contribution in [-0.2, 0) is 4.79 Å². The van der Waals surface area contributed by atoms with Gasteiger partial charge in [-0.3, -0.25) is 4.79 Å². The maximum atomic E-state index is 11.6. The summed E-state index contributed by atoms with van der Waals surface area (Å²) in [5.41, 5.74) is 8.01. The Balaban J connectivity index is 2.81. The van der Waals surface area contributed by atoms with Gasteiger partial charge in [-0.1, -0.05) is 11.6 Å². The minimum atomic E-state index is -0.312. The Hall–Kier alpha value is -1.42. The lowest BCUT2D eigenvalue weighted by Gasteiger charge is -2.17. The fourth-order valence-electron chi connectivity index (χ4n) is 1.49. The Bertz CT molecular complexity index is 420. The molecule has 0 heterocycles. The summed E-state index contributed by atoms with van der Waals surface area (Å²) >= 11 is 5.94. The SMILES string of the molecule is CCNC(=O)C(C)Nc1cc(Cl)c(N)cc1C. The Kier molecular flexibility index (Phi) is 4.63. The van der Waals surface area contributed by atoms with E-state index in [2.05, 4.69) is 10.6 Å². The molecule has 0 aliphatic carbocycles. The van der Waals surface area contributed by atoms with Gasteiger partial charge in [0.05, 0.1) is 10.7 Å². The largest absolute Gasteiger partial charge is 0.398 e. The van der Waals surface area contributed by atoms with Crippen molar-refractivity contribution in [2.75, 3.05) is 17.6 Å². The van der Waals surface area contributed by atoms with Gasteiger partial charge in [0.15, 0.2) is 0 Å². The summed E-state index contributed by atoms with van der Waals surface area (Å²) in [4.78, 5) is 11.6. The van der Waals surface area contributed by atoms with Crippen molar-refractivity contribution in [1.29, 1.82) is 0 Å². The molecule has 1 unspecified atom stereocenters. The molecule has 94 valence electrons. The number of halogens is 1. The number of aryl methyl sites for hydroxylation is 1. The van der Waals surface area contributed by atoms with Gasteiger partial charge in [0.1, 0.15) is 6.04 Å². The van der Waals surface area contributed by atoms with Gasteiger partial charge in [-0.25, -0.2) is 0 Å². The van der Waals surface area contributed by atoms with Crippen molar-refractivity contribution < 1.29 is 4.79 Å². The van der Waals surface area contributed by atoms with Crippen LogP contribution in [0.5, 0.6) is 0 Å². The van der Waals surface area contributed by atoms with Crippen LogP contribution < -0.4 is 16.4 Å². The zero-order valence-corrected chi connectivity index (χ0v) is 11.1. The van der Waals surface area contributed by atoms with Crippen molar-refractivity contribution in [3.8, 4) is 0 Å². The summed E-state index contributed by atoms with van der Waals surface area (Å²) in [6.45, 7) is 6.22. The van der Waals surface area contributed by atoms with E-state index in [1.165, 1.54) is 0 Å². The predicted molar refractivity (Wildman–Crippen MR) is 72.4 cm³/mol. The van der Waals surface area contributed by atoms with Crippen molar-refractivity contribution in [1.82, 2.24) is 5.32 Å². The van der Waals surface area contributed by atoms with Gasteiger partial charge in [0.2, 0.25) is 5.91 Å². The molecule has 0 saturated carbocycles. The third-order valence-electron chi connectivity index (χ3n) is 2.46. The molecular formula is C12H18ClN3O. The number of carbonyl (C=O) groups is 1. The minimum Gasteiger partial charge on any atom is -0.398 e. The standard InChI is InChI=1S/C12H18ClN3O/c1-4-15-12(17)8(3)16-11-6-9(13)10(14)5-7(11)2/h5-6,8,16H,4,14H2,1-3H3,(H,15,17). The van der Waals surface area contributed by atoms with Crippen LogP contribution in [0.25, 0.3) is 0 Å². The first-order chi connectivity index (χ1) is 7.95. The molecule has 4 nitrogen and oxygen atoms in total. The molecule has 1 rings (SSSR count). The molecule has 1 atom stereocenters. The van der Waals surface area contributed by atoms with Crippen LogP contribution in [0.2, 0.25) is 5.02 Å². The molecule has 0 fully saturated rings. The first-order valence-electron chi connectivity index (χ1n) is 5.55. The number of carbonyl (C=O) groups excluding carboxylic acids is 1. The van der Waals surface area contributed by atoms with Crippen LogP contribution >= 0.6 is 11.6 Å². The van der Waals surface area contributed by atoms with Gasteiger partial charge in [-0.15, -0.1) is 0 Å². The highest BCUT2D eigenvalue weighted by atomic mass is 35.5. The van der Waals surface area contributed by atoms with Crippen molar-refractivity contribution >= 4 is 28.9 Å². The van der Waals surface area contributed by atoms with Gasteiger partial charge in [0.25, 0.3) is 0 Å². The highest BCUT2D eigenvalue weighted by molar-refractivity contribution is 6.33. The lowest BCUT2D eigenvalue weighted by Crippen LogP contribution is -2.37. The number of hydrogen-bond donors (Lipinski definition) is 3. The molecule has 1 amide bonds. The lowest BCUT2D eigenvalue weighted by molar-refractivity contribution is -0.121. The van der Waals surface area contributed by atoms with E-state index in [0.29, 0.717) is 17.3 Å². The third-order valence-corrected chi connectivity index (χ3v) is 2.79. The predicted octanol–water partition coefficient (Wildman–Crippen LogP) is 2.17. The smallest absolute Gasteiger partial charge is 0.242 e. The molecule has 0 spiro atoms. The van der Waals surface area contributed by atoms with Crippen molar-refractivity contribution in [2.45, 2.75) is 26.8 Å². The monoisotopic (exact) mass is 255 g/mol.